The number of halogens is 1. The molecule has 0 radical (unpaired) electrons. The van der Waals surface area contributed by atoms with Gasteiger partial charge in [0.2, 0.25) is 11.6 Å². The van der Waals surface area contributed by atoms with Crippen LogP contribution in [-0.4, -0.2) is 33.2 Å². The highest BCUT2D eigenvalue weighted by Crippen LogP contribution is 2.39. The molecule has 0 fully saturated rings. The molecule has 6 nitrogen and oxygen atoms in total. The number of carbonyl (C=O) groups is 1. The summed E-state index contributed by atoms with van der Waals surface area (Å²) in [4.78, 5) is 16.5. The third-order valence-corrected chi connectivity index (χ3v) is 4.37. The standard InChI is InChI=1S/C21H18BrNO5/c1-25-17-10-14(11-18(26-2)19(17)27-3)20-23-16(21(24)28-20)12-15(22)9-13-7-5-4-6-8-13/h4-12H,1-3H3. The zero-order valence-corrected chi connectivity index (χ0v) is 17.1. The van der Waals surface area contributed by atoms with Crippen molar-refractivity contribution in [2.75, 3.05) is 21.3 Å². The minimum absolute atomic E-state index is 0.163. The first-order chi connectivity index (χ1) is 13.5. The molecule has 0 aliphatic carbocycles. The lowest BCUT2D eigenvalue weighted by molar-refractivity contribution is -0.130. The molecule has 0 saturated heterocycles. The Bertz CT molecular complexity index is 955. The van der Waals surface area contributed by atoms with E-state index in [-0.39, 0.29) is 11.6 Å². The van der Waals surface area contributed by atoms with Gasteiger partial charge in [0.15, 0.2) is 17.2 Å². The number of carbonyl (C=O) groups excluding carboxylic acids is 1. The Morgan fingerprint density at radius 1 is 1.04 bits per heavy atom. The minimum Gasteiger partial charge on any atom is -0.493 e. The molecule has 3 rings (SSSR count). The number of nitrogens with zero attached hydrogens (tertiary/aromatic N) is 1. The van der Waals surface area contributed by atoms with Crippen molar-refractivity contribution in [1.82, 2.24) is 0 Å². The van der Waals surface area contributed by atoms with Crippen molar-refractivity contribution >= 4 is 33.9 Å². The normalized spacial score (nSPS) is 15.3. The van der Waals surface area contributed by atoms with Gasteiger partial charge in [0.25, 0.3) is 0 Å². The average Bonchev–Trinajstić information content (AvgIpc) is 3.07. The maximum absolute atomic E-state index is 12.2. The average molecular weight is 444 g/mol. The van der Waals surface area contributed by atoms with Crippen LogP contribution in [0.25, 0.3) is 6.08 Å². The molecule has 2 aromatic rings. The number of ether oxygens (including phenoxy) is 4. The smallest absolute Gasteiger partial charge is 0.363 e. The zero-order chi connectivity index (χ0) is 20.1. The van der Waals surface area contributed by atoms with Gasteiger partial charge in [-0.15, -0.1) is 0 Å². The molecule has 0 unspecified atom stereocenters. The second-order valence-electron chi connectivity index (χ2n) is 5.69. The number of benzene rings is 2. The third kappa shape index (κ3) is 4.26. The van der Waals surface area contributed by atoms with Gasteiger partial charge in [-0.25, -0.2) is 9.79 Å². The lowest BCUT2D eigenvalue weighted by Gasteiger charge is -2.13. The molecule has 0 aromatic heterocycles. The predicted molar refractivity (Wildman–Crippen MR) is 110 cm³/mol. The highest BCUT2D eigenvalue weighted by Gasteiger charge is 2.26. The Labute approximate surface area is 171 Å². The molecule has 0 bridgehead atoms. The van der Waals surface area contributed by atoms with Crippen LogP contribution in [0.3, 0.4) is 0 Å². The third-order valence-electron chi connectivity index (χ3n) is 3.91. The highest BCUT2D eigenvalue weighted by atomic mass is 79.9. The van der Waals surface area contributed by atoms with E-state index in [2.05, 4.69) is 20.9 Å². The lowest BCUT2D eigenvalue weighted by atomic mass is 10.1. The summed E-state index contributed by atoms with van der Waals surface area (Å²) < 4.78 is 22.0. The molecule has 0 atom stereocenters. The first kappa shape index (κ1) is 19.7. The summed E-state index contributed by atoms with van der Waals surface area (Å²) in [5, 5.41) is 0. The maximum Gasteiger partial charge on any atom is 0.363 e. The summed E-state index contributed by atoms with van der Waals surface area (Å²) in [5.41, 5.74) is 1.71. The number of hydrogen-bond donors (Lipinski definition) is 0. The van der Waals surface area contributed by atoms with Crippen molar-refractivity contribution in [1.29, 1.82) is 0 Å². The van der Waals surface area contributed by atoms with E-state index in [9.17, 15) is 4.79 Å². The van der Waals surface area contributed by atoms with Crippen LogP contribution in [0.5, 0.6) is 17.2 Å². The van der Waals surface area contributed by atoms with Crippen LogP contribution in [-0.2, 0) is 9.53 Å². The Morgan fingerprint density at radius 2 is 1.68 bits per heavy atom. The molecule has 1 aliphatic rings. The fourth-order valence-corrected chi connectivity index (χ4v) is 3.10. The summed E-state index contributed by atoms with van der Waals surface area (Å²) in [6, 6.07) is 13.1. The Kier molecular flexibility index (Phi) is 6.16. The van der Waals surface area contributed by atoms with Crippen LogP contribution in [0, 0.1) is 0 Å². The van der Waals surface area contributed by atoms with E-state index < -0.39 is 5.97 Å². The van der Waals surface area contributed by atoms with Gasteiger partial charge in [-0.05, 0) is 29.8 Å². The van der Waals surface area contributed by atoms with Crippen molar-refractivity contribution in [3.8, 4) is 17.2 Å². The van der Waals surface area contributed by atoms with E-state index >= 15 is 0 Å². The van der Waals surface area contributed by atoms with E-state index in [0.29, 0.717) is 27.3 Å². The summed E-state index contributed by atoms with van der Waals surface area (Å²) in [6.45, 7) is 0. The highest BCUT2D eigenvalue weighted by molar-refractivity contribution is 9.12. The van der Waals surface area contributed by atoms with Gasteiger partial charge in [0.1, 0.15) is 0 Å². The Hall–Kier alpha value is -3.06. The maximum atomic E-state index is 12.2. The molecule has 2 aromatic carbocycles. The van der Waals surface area contributed by atoms with Crippen LogP contribution in [0.4, 0.5) is 0 Å². The van der Waals surface area contributed by atoms with E-state index in [4.69, 9.17) is 18.9 Å². The van der Waals surface area contributed by atoms with E-state index in [1.165, 1.54) is 21.3 Å². The van der Waals surface area contributed by atoms with Crippen molar-refractivity contribution in [2.45, 2.75) is 0 Å². The lowest BCUT2D eigenvalue weighted by Crippen LogP contribution is -2.07. The quantitative estimate of drug-likeness (QED) is 0.490. The number of hydrogen-bond acceptors (Lipinski definition) is 6. The molecule has 0 amide bonds. The Balaban J connectivity index is 1.95. The number of methoxy groups -OCH3 is 3. The minimum atomic E-state index is -0.540. The van der Waals surface area contributed by atoms with Gasteiger partial charge < -0.3 is 18.9 Å². The molecular weight excluding hydrogens is 426 g/mol. The molecule has 28 heavy (non-hydrogen) atoms. The van der Waals surface area contributed by atoms with Crippen LogP contribution in [0.15, 0.2) is 63.7 Å². The summed E-state index contributed by atoms with van der Waals surface area (Å²) in [7, 11) is 4.55. The van der Waals surface area contributed by atoms with Crippen molar-refractivity contribution in [3.05, 3.63) is 69.8 Å². The first-order valence-corrected chi connectivity index (χ1v) is 9.10. The fourth-order valence-electron chi connectivity index (χ4n) is 2.62. The first-order valence-electron chi connectivity index (χ1n) is 8.31. The molecule has 0 N–H and O–H groups in total. The molecule has 1 aliphatic heterocycles. The zero-order valence-electron chi connectivity index (χ0n) is 15.6. The van der Waals surface area contributed by atoms with Gasteiger partial charge in [0.05, 0.1) is 21.3 Å². The summed E-state index contributed by atoms with van der Waals surface area (Å²) in [5.74, 6) is 0.956. The second-order valence-corrected chi connectivity index (χ2v) is 6.61. The van der Waals surface area contributed by atoms with E-state index in [1.807, 2.05) is 36.4 Å². The molecule has 144 valence electrons. The van der Waals surface area contributed by atoms with Crippen LogP contribution >= 0.6 is 15.9 Å². The second kappa shape index (κ2) is 8.75. The van der Waals surface area contributed by atoms with Crippen LogP contribution in [0.1, 0.15) is 11.1 Å². The predicted octanol–water partition coefficient (Wildman–Crippen LogP) is 4.34. The van der Waals surface area contributed by atoms with E-state index in [1.54, 1.807) is 18.2 Å². The van der Waals surface area contributed by atoms with Gasteiger partial charge in [-0.3, -0.25) is 0 Å². The molecule has 0 spiro atoms. The largest absolute Gasteiger partial charge is 0.493 e. The molecular formula is C21H18BrNO5. The SMILES string of the molecule is COc1cc(C2=NC(=CC(Br)=Cc3ccccc3)C(=O)O2)cc(OC)c1OC. The number of allylic oxidation sites excluding steroid dienone is 2. The number of aliphatic imine (C=N–C) groups is 1. The van der Waals surface area contributed by atoms with Gasteiger partial charge >= 0.3 is 5.97 Å². The van der Waals surface area contributed by atoms with Crippen molar-refractivity contribution < 1.29 is 23.7 Å². The topological polar surface area (TPSA) is 66.4 Å². The monoisotopic (exact) mass is 443 g/mol. The van der Waals surface area contributed by atoms with Crippen LogP contribution < -0.4 is 14.2 Å². The van der Waals surface area contributed by atoms with Gasteiger partial charge in [-0.1, -0.05) is 46.3 Å². The van der Waals surface area contributed by atoms with Gasteiger partial charge in [0, 0.05) is 10.0 Å². The van der Waals surface area contributed by atoms with Gasteiger partial charge in [-0.2, -0.15) is 0 Å². The molecule has 1 heterocycles. The summed E-state index contributed by atoms with van der Waals surface area (Å²) in [6.07, 6.45) is 3.49. The number of cyclic esters (lactones) is 1. The summed E-state index contributed by atoms with van der Waals surface area (Å²) >= 11 is 3.44. The number of rotatable bonds is 6. The molecule has 0 saturated carbocycles. The number of esters is 1. The molecule has 7 heteroatoms. The Morgan fingerprint density at radius 3 is 2.25 bits per heavy atom. The van der Waals surface area contributed by atoms with Crippen molar-refractivity contribution in [2.24, 2.45) is 4.99 Å². The van der Waals surface area contributed by atoms with Crippen molar-refractivity contribution in [3.63, 3.8) is 0 Å². The fraction of sp³-hybridized carbons (Fsp3) is 0.143. The van der Waals surface area contributed by atoms with E-state index in [0.717, 1.165) is 5.56 Å². The van der Waals surface area contributed by atoms with Crippen LogP contribution in [0.2, 0.25) is 0 Å².